The van der Waals surface area contributed by atoms with Crippen LogP contribution in [0.4, 0.5) is 0 Å². The van der Waals surface area contributed by atoms with Crippen molar-refractivity contribution in [3.05, 3.63) is 35.9 Å². The molecule has 1 fully saturated rings. The Labute approximate surface area is 172 Å². The van der Waals surface area contributed by atoms with Gasteiger partial charge in [-0.1, -0.05) is 0 Å². The number of amides is 1. The Morgan fingerprint density at radius 3 is 2.52 bits per heavy atom. The summed E-state index contributed by atoms with van der Waals surface area (Å²) >= 11 is 0. The minimum atomic E-state index is -0.262. The van der Waals surface area contributed by atoms with E-state index in [1.54, 1.807) is 36.2 Å². The van der Waals surface area contributed by atoms with E-state index < -0.39 is 0 Å². The first-order valence-electron chi connectivity index (χ1n) is 10.1. The van der Waals surface area contributed by atoms with Crippen LogP contribution in [0.2, 0.25) is 0 Å². The molecule has 8 nitrogen and oxygen atoms in total. The molecule has 3 rings (SSSR count). The lowest BCUT2D eigenvalue weighted by Gasteiger charge is -2.34. The third-order valence-corrected chi connectivity index (χ3v) is 5.41. The standard InChI is InChI=1S/C21H31N5O3/c1-14(2)26-10-8-17(9-11-26)29-19-12-16(6-7-18(19)28-5)21(27)23-15(3)20-24-22-13-25(20)4/h6-7,12-15,17H,8-11H2,1-5H3,(H,23,27)/t15-/m1/s1. The van der Waals surface area contributed by atoms with E-state index in [1.807, 2.05) is 14.0 Å². The van der Waals surface area contributed by atoms with Crippen molar-refractivity contribution in [3.8, 4) is 11.5 Å². The number of rotatable bonds is 7. The maximum Gasteiger partial charge on any atom is 0.252 e. The van der Waals surface area contributed by atoms with Gasteiger partial charge < -0.3 is 24.3 Å². The number of carbonyl (C=O) groups excluding carboxylic acids is 1. The molecule has 8 heteroatoms. The number of benzene rings is 1. The molecule has 1 aromatic carbocycles. The summed E-state index contributed by atoms with van der Waals surface area (Å²) in [6.07, 6.45) is 3.65. The van der Waals surface area contributed by atoms with Crippen LogP contribution in [0.5, 0.6) is 11.5 Å². The second kappa shape index (κ2) is 9.26. The molecular weight excluding hydrogens is 370 g/mol. The van der Waals surface area contributed by atoms with Crippen LogP contribution >= 0.6 is 0 Å². The molecule has 158 valence electrons. The number of hydrogen-bond donors (Lipinski definition) is 1. The van der Waals surface area contributed by atoms with Crippen molar-refractivity contribution in [2.45, 2.75) is 51.8 Å². The van der Waals surface area contributed by atoms with Gasteiger partial charge in [0.05, 0.1) is 13.2 Å². The minimum Gasteiger partial charge on any atom is -0.493 e. The van der Waals surface area contributed by atoms with Gasteiger partial charge in [0.1, 0.15) is 12.4 Å². The van der Waals surface area contributed by atoms with Gasteiger partial charge in [-0.25, -0.2) is 0 Å². The largest absolute Gasteiger partial charge is 0.493 e. The van der Waals surface area contributed by atoms with Crippen molar-refractivity contribution >= 4 is 5.91 Å². The first kappa shape index (κ1) is 21.1. The average molecular weight is 402 g/mol. The SMILES string of the molecule is COc1ccc(C(=O)N[C@H](C)c2nncn2C)cc1OC1CCN(C(C)C)CC1. The van der Waals surface area contributed by atoms with E-state index >= 15 is 0 Å². The molecular formula is C21H31N5O3. The van der Waals surface area contributed by atoms with Gasteiger partial charge in [-0.3, -0.25) is 4.79 Å². The van der Waals surface area contributed by atoms with Gasteiger partial charge in [-0.15, -0.1) is 10.2 Å². The molecule has 2 heterocycles. The molecule has 1 aromatic heterocycles. The maximum absolute atomic E-state index is 12.8. The number of nitrogens with zero attached hydrogens (tertiary/aromatic N) is 4. The molecule has 0 bridgehead atoms. The highest BCUT2D eigenvalue weighted by atomic mass is 16.5. The second-order valence-corrected chi connectivity index (χ2v) is 7.81. The molecule has 0 unspecified atom stereocenters. The van der Waals surface area contributed by atoms with Crippen LogP contribution in [-0.4, -0.2) is 57.9 Å². The summed E-state index contributed by atoms with van der Waals surface area (Å²) in [5.74, 6) is 1.74. The summed E-state index contributed by atoms with van der Waals surface area (Å²) in [5.41, 5.74) is 0.523. The highest BCUT2D eigenvalue weighted by Gasteiger charge is 2.24. The molecule has 0 radical (unpaired) electrons. The Kier molecular flexibility index (Phi) is 6.74. The van der Waals surface area contributed by atoms with Crippen molar-refractivity contribution in [3.63, 3.8) is 0 Å². The normalized spacial score (nSPS) is 16.6. The number of aromatic nitrogens is 3. The second-order valence-electron chi connectivity index (χ2n) is 7.81. The molecule has 29 heavy (non-hydrogen) atoms. The Bertz CT molecular complexity index is 827. The Balaban J connectivity index is 1.68. The fourth-order valence-electron chi connectivity index (χ4n) is 3.63. The number of piperidine rings is 1. The quantitative estimate of drug-likeness (QED) is 0.768. The summed E-state index contributed by atoms with van der Waals surface area (Å²) in [6.45, 7) is 8.34. The van der Waals surface area contributed by atoms with Crippen LogP contribution in [-0.2, 0) is 7.05 Å². The molecule has 0 spiro atoms. The van der Waals surface area contributed by atoms with Crippen LogP contribution < -0.4 is 14.8 Å². The monoisotopic (exact) mass is 401 g/mol. The van der Waals surface area contributed by atoms with Crippen LogP contribution in [0.15, 0.2) is 24.5 Å². The predicted molar refractivity (Wildman–Crippen MR) is 110 cm³/mol. The lowest BCUT2D eigenvalue weighted by molar-refractivity contribution is 0.0818. The summed E-state index contributed by atoms with van der Waals surface area (Å²) in [5, 5.41) is 10.9. The van der Waals surface area contributed by atoms with Crippen molar-refractivity contribution in [1.29, 1.82) is 0 Å². The van der Waals surface area contributed by atoms with Gasteiger partial charge in [0.2, 0.25) is 0 Å². The van der Waals surface area contributed by atoms with Crippen molar-refractivity contribution < 1.29 is 14.3 Å². The van der Waals surface area contributed by atoms with E-state index in [0.717, 1.165) is 25.9 Å². The van der Waals surface area contributed by atoms with E-state index in [2.05, 4.69) is 34.3 Å². The first-order valence-corrected chi connectivity index (χ1v) is 10.1. The minimum absolute atomic E-state index is 0.120. The highest BCUT2D eigenvalue weighted by Crippen LogP contribution is 2.31. The van der Waals surface area contributed by atoms with Crippen LogP contribution in [0.3, 0.4) is 0 Å². The number of likely N-dealkylation sites (tertiary alicyclic amines) is 1. The fourth-order valence-corrected chi connectivity index (χ4v) is 3.63. The molecule has 1 amide bonds. The number of ether oxygens (including phenoxy) is 2. The summed E-state index contributed by atoms with van der Waals surface area (Å²) < 4.78 is 13.5. The average Bonchev–Trinajstić information content (AvgIpc) is 3.14. The lowest BCUT2D eigenvalue weighted by atomic mass is 10.1. The van der Waals surface area contributed by atoms with E-state index in [4.69, 9.17) is 9.47 Å². The molecule has 0 aliphatic carbocycles. The molecule has 1 N–H and O–H groups in total. The molecule has 1 aliphatic heterocycles. The van der Waals surface area contributed by atoms with Gasteiger partial charge in [0, 0.05) is 31.7 Å². The zero-order valence-corrected chi connectivity index (χ0v) is 17.9. The Hall–Kier alpha value is -2.61. The smallest absolute Gasteiger partial charge is 0.252 e. The number of aryl methyl sites for hydroxylation is 1. The van der Waals surface area contributed by atoms with Gasteiger partial charge in [0.25, 0.3) is 5.91 Å². The van der Waals surface area contributed by atoms with Crippen LogP contribution in [0.1, 0.15) is 55.8 Å². The fraction of sp³-hybridized carbons (Fsp3) is 0.571. The summed E-state index contributed by atoms with van der Waals surface area (Å²) in [6, 6.07) is 5.56. The molecule has 0 saturated carbocycles. The third-order valence-electron chi connectivity index (χ3n) is 5.41. The van der Waals surface area contributed by atoms with Gasteiger partial charge in [-0.05, 0) is 51.8 Å². The maximum atomic E-state index is 12.8. The van der Waals surface area contributed by atoms with Gasteiger partial charge in [0.15, 0.2) is 17.3 Å². The number of hydrogen-bond acceptors (Lipinski definition) is 6. The zero-order chi connectivity index (χ0) is 21.0. The van der Waals surface area contributed by atoms with Crippen molar-refractivity contribution in [2.75, 3.05) is 20.2 Å². The van der Waals surface area contributed by atoms with E-state index in [-0.39, 0.29) is 18.1 Å². The van der Waals surface area contributed by atoms with E-state index in [1.165, 1.54) is 0 Å². The topological polar surface area (TPSA) is 81.5 Å². The molecule has 1 aliphatic rings. The number of carbonyl (C=O) groups is 1. The molecule has 1 saturated heterocycles. The summed E-state index contributed by atoms with van der Waals surface area (Å²) in [4.78, 5) is 15.2. The number of methoxy groups -OCH3 is 1. The Morgan fingerprint density at radius 2 is 1.93 bits per heavy atom. The van der Waals surface area contributed by atoms with Crippen LogP contribution in [0.25, 0.3) is 0 Å². The first-order chi connectivity index (χ1) is 13.9. The molecule has 2 aromatic rings. The van der Waals surface area contributed by atoms with E-state index in [0.29, 0.717) is 28.9 Å². The predicted octanol–water partition coefficient (Wildman–Crippen LogP) is 2.57. The lowest BCUT2D eigenvalue weighted by Crippen LogP contribution is -2.41. The molecule has 1 atom stereocenters. The van der Waals surface area contributed by atoms with E-state index in [9.17, 15) is 4.79 Å². The number of nitrogens with one attached hydrogen (secondary N) is 1. The van der Waals surface area contributed by atoms with Crippen molar-refractivity contribution in [1.82, 2.24) is 25.0 Å². The van der Waals surface area contributed by atoms with Crippen LogP contribution in [0, 0.1) is 0 Å². The zero-order valence-electron chi connectivity index (χ0n) is 17.9. The van der Waals surface area contributed by atoms with Crippen molar-refractivity contribution in [2.24, 2.45) is 7.05 Å². The Morgan fingerprint density at radius 1 is 1.21 bits per heavy atom. The van der Waals surface area contributed by atoms with Gasteiger partial charge >= 0.3 is 0 Å². The van der Waals surface area contributed by atoms with Gasteiger partial charge in [-0.2, -0.15) is 0 Å². The highest BCUT2D eigenvalue weighted by molar-refractivity contribution is 5.95. The third kappa shape index (κ3) is 5.06. The summed E-state index contributed by atoms with van der Waals surface area (Å²) in [7, 11) is 3.46.